The molecule has 0 radical (unpaired) electrons. The molecule has 6 nitrogen and oxygen atoms in total. The van der Waals surface area contributed by atoms with Gasteiger partial charge in [0.15, 0.2) is 0 Å². The molecule has 1 heterocycles. The highest BCUT2D eigenvalue weighted by Crippen LogP contribution is 2.42. The largest absolute Gasteiger partial charge is 0.507 e. The van der Waals surface area contributed by atoms with E-state index in [4.69, 9.17) is 18.7 Å². The fourth-order valence-electron chi connectivity index (χ4n) is 3.39. The minimum atomic E-state index is -0.727. The molecule has 3 rings (SSSR count). The zero-order chi connectivity index (χ0) is 21.7. The van der Waals surface area contributed by atoms with Crippen LogP contribution >= 0.6 is 8.15 Å². The van der Waals surface area contributed by atoms with Crippen LogP contribution in [0.2, 0.25) is 0 Å². The number of aromatic hydroxyl groups is 1. The van der Waals surface area contributed by atoms with Gasteiger partial charge in [-0.15, -0.1) is 0 Å². The van der Waals surface area contributed by atoms with Crippen molar-refractivity contribution in [3.8, 4) is 17.2 Å². The van der Waals surface area contributed by atoms with Crippen LogP contribution in [0.15, 0.2) is 42.0 Å². The molecule has 1 aliphatic rings. The molecule has 2 aromatic carbocycles. The monoisotopic (exact) mass is 430 g/mol. The molecule has 1 N–H and O–H groups in total. The molecule has 1 atom stereocenters. The van der Waals surface area contributed by atoms with Crippen LogP contribution < -0.4 is 9.26 Å². The van der Waals surface area contributed by atoms with Crippen molar-refractivity contribution in [2.24, 2.45) is 0 Å². The number of phenols is 1. The zero-order valence-corrected chi connectivity index (χ0v) is 18.6. The van der Waals surface area contributed by atoms with E-state index in [1.54, 1.807) is 7.11 Å². The smallest absolute Gasteiger partial charge is 0.342 e. The number of hydrogen-bond acceptors (Lipinski definition) is 6. The van der Waals surface area contributed by atoms with Crippen molar-refractivity contribution in [1.29, 1.82) is 0 Å². The van der Waals surface area contributed by atoms with Crippen LogP contribution in [-0.2, 0) is 22.5 Å². The molecule has 0 fully saturated rings. The molecule has 0 saturated heterocycles. The van der Waals surface area contributed by atoms with E-state index in [2.05, 4.69) is 0 Å². The molecule has 0 bridgehead atoms. The third kappa shape index (κ3) is 4.94. The Kier molecular flexibility index (Phi) is 7.35. The Morgan fingerprint density at radius 1 is 1.30 bits per heavy atom. The van der Waals surface area contributed by atoms with E-state index in [0.29, 0.717) is 36.3 Å². The van der Waals surface area contributed by atoms with Crippen molar-refractivity contribution in [3.05, 3.63) is 64.2 Å². The highest BCUT2D eigenvalue weighted by atomic mass is 31.1. The summed E-state index contributed by atoms with van der Waals surface area (Å²) in [4.78, 5) is 12.0. The first-order valence-electron chi connectivity index (χ1n) is 9.68. The number of esters is 1. The standard InChI is InChI=1S/C23H27O6P/c1-15(12-27-14-30(4)29-17-8-6-5-7-9-17)10-11-18-21(24)20-19(13-28-23(20)25)16(2)22(18)26-3/h5-10,24H,11-14H2,1-4H3/b15-10+. The quantitative estimate of drug-likeness (QED) is 0.345. The number of carbonyl (C=O) groups is 1. The molecule has 2 aromatic rings. The Morgan fingerprint density at radius 2 is 2.03 bits per heavy atom. The average Bonchev–Trinajstić information content (AvgIpc) is 3.12. The summed E-state index contributed by atoms with van der Waals surface area (Å²) in [5.74, 6) is 0.874. The van der Waals surface area contributed by atoms with Gasteiger partial charge in [0.1, 0.15) is 43.9 Å². The van der Waals surface area contributed by atoms with E-state index >= 15 is 0 Å². The number of fused-ring (bicyclic) bond motifs is 1. The summed E-state index contributed by atoms with van der Waals surface area (Å²) in [6.45, 7) is 6.49. The van der Waals surface area contributed by atoms with Crippen molar-refractivity contribution >= 4 is 14.1 Å². The topological polar surface area (TPSA) is 74.2 Å². The lowest BCUT2D eigenvalue weighted by molar-refractivity contribution is 0.0533. The number of benzene rings is 2. The van der Waals surface area contributed by atoms with Crippen molar-refractivity contribution in [2.45, 2.75) is 26.9 Å². The van der Waals surface area contributed by atoms with E-state index in [1.807, 2.05) is 56.9 Å². The molecule has 0 amide bonds. The van der Waals surface area contributed by atoms with E-state index in [1.165, 1.54) is 0 Å². The summed E-state index contributed by atoms with van der Waals surface area (Å²) >= 11 is 0. The van der Waals surface area contributed by atoms with Gasteiger partial charge < -0.3 is 23.8 Å². The van der Waals surface area contributed by atoms with Crippen LogP contribution in [0.3, 0.4) is 0 Å². The first-order chi connectivity index (χ1) is 14.4. The summed E-state index contributed by atoms with van der Waals surface area (Å²) in [6.07, 6.45) is 2.92. The van der Waals surface area contributed by atoms with Gasteiger partial charge in [-0.05, 0) is 44.6 Å². The van der Waals surface area contributed by atoms with Crippen LogP contribution in [0, 0.1) is 6.92 Å². The molecule has 30 heavy (non-hydrogen) atoms. The van der Waals surface area contributed by atoms with Crippen LogP contribution in [0.4, 0.5) is 0 Å². The molecule has 0 aromatic heterocycles. The lowest BCUT2D eigenvalue weighted by Gasteiger charge is -2.16. The first-order valence-corrected chi connectivity index (χ1v) is 11.6. The van der Waals surface area contributed by atoms with Crippen molar-refractivity contribution in [3.63, 3.8) is 0 Å². The molecule has 1 aliphatic heterocycles. The third-order valence-corrected chi connectivity index (χ3v) is 5.98. The maximum absolute atomic E-state index is 12.0. The SMILES string of the molecule is COc1c(C)c2c(c(O)c1C/C=C(\C)COCP(C)Oc1ccccc1)C(=O)OC2. The minimum Gasteiger partial charge on any atom is -0.507 e. The number of methoxy groups -OCH3 is 1. The summed E-state index contributed by atoms with van der Waals surface area (Å²) < 4.78 is 22.3. The van der Waals surface area contributed by atoms with Gasteiger partial charge >= 0.3 is 5.97 Å². The molecular weight excluding hydrogens is 403 g/mol. The summed E-state index contributed by atoms with van der Waals surface area (Å²) in [7, 11) is 0.834. The second kappa shape index (κ2) is 9.96. The van der Waals surface area contributed by atoms with E-state index in [-0.39, 0.29) is 17.9 Å². The molecular formula is C23H27O6P. The molecule has 0 saturated carbocycles. The van der Waals surface area contributed by atoms with Crippen LogP contribution in [0.25, 0.3) is 0 Å². The Labute approximate surface area is 178 Å². The Bertz CT molecular complexity index is 939. The second-order valence-electron chi connectivity index (χ2n) is 7.18. The van der Waals surface area contributed by atoms with Gasteiger partial charge in [0.2, 0.25) is 0 Å². The van der Waals surface area contributed by atoms with Gasteiger partial charge in [0.05, 0.1) is 13.7 Å². The number of phenolic OH excluding ortho intramolecular Hbond substituents is 1. The van der Waals surface area contributed by atoms with Crippen molar-refractivity contribution in [2.75, 3.05) is 26.7 Å². The summed E-state index contributed by atoms with van der Waals surface area (Å²) in [6, 6.07) is 9.69. The van der Waals surface area contributed by atoms with Gasteiger partial charge in [-0.25, -0.2) is 4.79 Å². The Morgan fingerprint density at radius 3 is 2.73 bits per heavy atom. The Hall–Kier alpha value is -2.56. The number of cyclic esters (lactones) is 1. The van der Waals surface area contributed by atoms with Gasteiger partial charge in [-0.3, -0.25) is 0 Å². The van der Waals surface area contributed by atoms with E-state index in [0.717, 1.165) is 16.9 Å². The number of ether oxygens (including phenoxy) is 3. The third-order valence-electron chi connectivity index (χ3n) is 4.91. The predicted octanol–water partition coefficient (Wildman–Crippen LogP) is 4.95. The molecule has 0 aliphatic carbocycles. The fraction of sp³-hybridized carbons (Fsp3) is 0.348. The van der Waals surface area contributed by atoms with Crippen LogP contribution in [0.1, 0.15) is 34.0 Å². The summed E-state index contributed by atoms with van der Waals surface area (Å²) in [5, 5.41) is 10.7. The van der Waals surface area contributed by atoms with Gasteiger partial charge in [-0.2, -0.15) is 0 Å². The normalized spacial score (nSPS) is 14.3. The maximum Gasteiger partial charge on any atom is 0.342 e. The van der Waals surface area contributed by atoms with E-state index < -0.39 is 14.1 Å². The molecule has 160 valence electrons. The number of hydrogen-bond donors (Lipinski definition) is 1. The number of rotatable bonds is 9. The average molecular weight is 430 g/mol. The van der Waals surface area contributed by atoms with Crippen molar-refractivity contribution in [1.82, 2.24) is 0 Å². The second-order valence-corrected chi connectivity index (χ2v) is 8.88. The minimum absolute atomic E-state index is 0.0618. The van der Waals surface area contributed by atoms with Crippen LogP contribution in [0.5, 0.6) is 17.2 Å². The van der Waals surface area contributed by atoms with Gasteiger partial charge in [0, 0.05) is 11.1 Å². The molecule has 7 heteroatoms. The number of carbonyl (C=O) groups excluding carboxylic acids is 1. The maximum atomic E-state index is 12.0. The Balaban J connectivity index is 1.61. The first kappa shape index (κ1) is 22.1. The number of para-hydroxylation sites is 1. The predicted molar refractivity (Wildman–Crippen MR) is 117 cm³/mol. The summed E-state index contributed by atoms with van der Waals surface area (Å²) in [5.41, 5.74) is 3.36. The number of allylic oxidation sites excluding steroid dienone is 1. The lowest BCUT2D eigenvalue weighted by Crippen LogP contribution is -2.04. The van der Waals surface area contributed by atoms with Gasteiger partial charge in [0.25, 0.3) is 0 Å². The molecule has 1 unspecified atom stereocenters. The highest BCUT2D eigenvalue weighted by Gasteiger charge is 2.31. The molecule has 0 spiro atoms. The lowest BCUT2D eigenvalue weighted by atomic mass is 9.95. The van der Waals surface area contributed by atoms with E-state index in [9.17, 15) is 9.90 Å². The van der Waals surface area contributed by atoms with Gasteiger partial charge in [-0.1, -0.05) is 29.8 Å². The van der Waals surface area contributed by atoms with Crippen LogP contribution in [-0.4, -0.2) is 37.8 Å². The fourth-order valence-corrected chi connectivity index (χ4v) is 4.27. The van der Waals surface area contributed by atoms with Crippen molar-refractivity contribution < 1.29 is 28.6 Å². The highest BCUT2D eigenvalue weighted by molar-refractivity contribution is 7.51. The zero-order valence-electron chi connectivity index (χ0n) is 17.7.